The largest absolute Gasteiger partial charge is 0.463 e. The second kappa shape index (κ2) is 7.22. The van der Waals surface area contributed by atoms with Crippen molar-refractivity contribution < 1.29 is 28.2 Å². The predicted molar refractivity (Wildman–Crippen MR) is 109 cm³/mol. The maximum absolute atomic E-state index is 12.3. The molecule has 30 heavy (non-hydrogen) atoms. The van der Waals surface area contributed by atoms with Crippen LogP contribution in [-0.2, 0) is 9.47 Å². The van der Waals surface area contributed by atoms with Crippen LogP contribution in [0.3, 0.4) is 0 Å². The summed E-state index contributed by atoms with van der Waals surface area (Å²) in [5.41, 5.74) is 1.10. The van der Waals surface area contributed by atoms with E-state index in [0.717, 1.165) is 5.39 Å². The van der Waals surface area contributed by atoms with Crippen molar-refractivity contribution in [2.75, 3.05) is 7.11 Å². The van der Waals surface area contributed by atoms with Gasteiger partial charge in [-0.3, -0.25) is 0 Å². The van der Waals surface area contributed by atoms with Crippen molar-refractivity contribution in [1.29, 1.82) is 0 Å². The molecule has 0 amide bonds. The number of carbonyl (C=O) groups excluding carboxylic acids is 2. The number of benzene rings is 2. The Morgan fingerprint density at radius 3 is 2.50 bits per heavy atom. The molecule has 8 heteroatoms. The molecule has 8 nitrogen and oxygen atoms in total. The van der Waals surface area contributed by atoms with Gasteiger partial charge in [-0.15, -0.1) is 0 Å². The predicted octanol–water partition coefficient (Wildman–Crippen LogP) is 5.14. The molecule has 0 saturated heterocycles. The molecule has 0 atom stereocenters. The van der Waals surface area contributed by atoms with Gasteiger partial charge in [0.25, 0.3) is 0 Å². The first-order valence-electron chi connectivity index (χ1n) is 9.24. The van der Waals surface area contributed by atoms with Crippen LogP contribution in [0.25, 0.3) is 22.0 Å². The molecule has 0 aliphatic rings. The number of esters is 1. The summed E-state index contributed by atoms with van der Waals surface area (Å²) in [6.07, 6.45) is 0.925. The van der Waals surface area contributed by atoms with Gasteiger partial charge in [-0.2, -0.15) is 0 Å². The Morgan fingerprint density at radius 1 is 1.03 bits per heavy atom. The van der Waals surface area contributed by atoms with Crippen LogP contribution in [0.5, 0.6) is 11.5 Å². The van der Waals surface area contributed by atoms with E-state index in [4.69, 9.17) is 13.9 Å². The number of aromatic nitrogens is 2. The number of hydrogen-bond donors (Lipinski definition) is 0. The van der Waals surface area contributed by atoms with Gasteiger partial charge in [-0.1, -0.05) is 0 Å². The van der Waals surface area contributed by atoms with Gasteiger partial charge in [0.1, 0.15) is 29.0 Å². The van der Waals surface area contributed by atoms with E-state index in [0.29, 0.717) is 28.1 Å². The minimum atomic E-state index is -0.602. The van der Waals surface area contributed by atoms with Crippen molar-refractivity contribution >= 4 is 34.1 Å². The van der Waals surface area contributed by atoms with Crippen molar-refractivity contribution in [2.24, 2.45) is 0 Å². The van der Waals surface area contributed by atoms with E-state index in [1.54, 1.807) is 63.2 Å². The Bertz CT molecular complexity index is 1260. The van der Waals surface area contributed by atoms with Crippen LogP contribution in [0.1, 0.15) is 31.3 Å². The molecule has 4 rings (SSSR count). The van der Waals surface area contributed by atoms with Crippen molar-refractivity contribution in [2.45, 2.75) is 26.4 Å². The number of furan rings is 1. The van der Waals surface area contributed by atoms with Crippen LogP contribution in [-0.4, -0.2) is 34.3 Å². The zero-order valence-electron chi connectivity index (χ0n) is 17.0. The summed E-state index contributed by atoms with van der Waals surface area (Å²) in [5.74, 6) is 0.647. The molecule has 0 fully saturated rings. The minimum absolute atomic E-state index is 0.124. The zero-order chi connectivity index (χ0) is 21.5. The van der Waals surface area contributed by atoms with Gasteiger partial charge in [0.05, 0.1) is 18.1 Å². The number of methoxy groups -OCH3 is 1. The molecule has 2 aromatic carbocycles. The number of carbonyl (C=O) groups is 2. The third-order valence-electron chi connectivity index (χ3n) is 4.22. The van der Waals surface area contributed by atoms with Crippen molar-refractivity contribution in [3.05, 3.63) is 54.6 Å². The molecule has 0 unspecified atom stereocenters. The summed E-state index contributed by atoms with van der Waals surface area (Å²) in [5, 5.41) is 0.759. The summed E-state index contributed by atoms with van der Waals surface area (Å²) in [7, 11) is 1.30. The Balaban J connectivity index is 1.58. The lowest BCUT2D eigenvalue weighted by Crippen LogP contribution is -2.26. The van der Waals surface area contributed by atoms with Gasteiger partial charge in [0.15, 0.2) is 0 Å². The first-order valence-corrected chi connectivity index (χ1v) is 9.24. The zero-order valence-corrected chi connectivity index (χ0v) is 17.0. The van der Waals surface area contributed by atoms with Gasteiger partial charge >= 0.3 is 12.1 Å². The standard InChI is InChI=1S/C22H20N2O6/c1-22(2,3)30-21(26)24-12-23-16-10-14(7-8-17(16)24)28-15-6-5-13-9-19(20(25)27-4)29-18(13)11-15/h5-12H,1-4H3. The molecule has 0 N–H and O–H groups in total. The van der Waals surface area contributed by atoms with E-state index < -0.39 is 17.7 Å². The van der Waals surface area contributed by atoms with Gasteiger partial charge in [0, 0.05) is 17.5 Å². The molecular weight excluding hydrogens is 388 g/mol. The van der Waals surface area contributed by atoms with Crippen molar-refractivity contribution in [1.82, 2.24) is 9.55 Å². The summed E-state index contributed by atoms with van der Waals surface area (Å²) in [6, 6.07) is 12.0. The summed E-state index contributed by atoms with van der Waals surface area (Å²) < 4.78 is 22.8. The average molecular weight is 408 g/mol. The molecule has 0 aliphatic heterocycles. The van der Waals surface area contributed by atoms with Crippen LogP contribution < -0.4 is 4.74 Å². The normalized spacial score (nSPS) is 11.6. The van der Waals surface area contributed by atoms with Crippen LogP contribution in [0.2, 0.25) is 0 Å². The lowest BCUT2D eigenvalue weighted by molar-refractivity contribution is 0.0540. The van der Waals surface area contributed by atoms with E-state index >= 15 is 0 Å². The molecule has 154 valence electrons. The number of rotatable bonds is 3. The van der Waals surface area contributed by atoms with Gasteiger partial charge in [-0.25, -0.2) is 19.1 Å². The number of imidazole rings is 1. The van der Waals surface area contributed by atoms with Crippen LogP contribution in [0.15, 0.2) is 53.2 Å². The van der Waals surface area contributed by atoms with Gasteiger partial charge < -0.3 is 18.6 Å². The Morgan fingerprint density at radius 2 is 1.77 bits per heavy atom. The second-order valence-electron chi connectivity index (χ2n) is 7.65. The van der Waals surface area contributed by atoms with E-state index in [1.807, 2.05) is 0 Å². The highest BCUT2D eigenvalue weighted by molar-refractivity contribution is 5.93. The van der Waals surface area contributed by atoms with Gasteiger partial charge in [0.2, 0.25) is 5.76 Å². The highest BCUT2D eigenvalue weighted by Gasteiger charge is 2.20. The topological polar surface area (TPSA) is 92.8 Å². The fourth-order valence-corrected chi connectivity index (χ4v) is 2.92. The van der Waals surface area contributed by atoms with E-state index in [9.17, 15) is 9.59 Å². The van der Waals surface area contributed by atoms with Crippen molar-refractivity contribution in [3.8, 4) is 11.5 Å². The Labute approximate surface area is 172 Å². The number of fused-ring (bicyclic) bond motifs is 2. The highest BCUT2D eigenvalue weighted by atomic mass is 16.6. The van der Waals surface area contributed by atoms with E-state index in [1.165, 1.54) is 18.0 Å². The average Bonchev–Trinajstić information content (AvgIpc) is 3.29. The summed E-state index contributed by atoms with van der Waals surface area (Å²) in [4.78, 5) is 28.2. The Hall–Kier alpha value is -3.81. The van der Waals surface area contributed by atoms with Crippen molar-refractivity contribution in [3.63, 3.8) is 0 Å². The number of nitrogens with zero attached hydrogens (tertiary/aromatic N) is 2. The third kappa shape index (κ3) is 3.84. The summed E-state index contributed by atoms with van der Waals surface area (Å²) >= 11 is 0. The Kier molecular flexibility index (Phi) is 4.69. The molecule has 0 bridgehead atoms. The van der Waals surface area contributed by atoms with Gasteiger partial charge in [-0.05, 0) is 51.1 Å². The molecule has 0 spiro atoms. The highest BCUT2D eigenvalue weighted by Crippen LogP contribution is 2.29. The molecular formula is C22H20N2O6. The molecule has 0 saturated carbocycles. The van der Waals surface area contributed by atoms with Crippen LogP contribution >= 0.6 is 0 Å². The smallest absolute Gasteiger partial charge is 0.420 e. The summed E-state index contributed by atoms with van der Waals surface area (Å²) in [6.45, 7) is 5.42. The van der Waals surface area contributed by atoms with E-state index in [-0.39, 0.29) is 5.76 Å². The first-order chi connectivity index (χ1) is 14.2. The molecule has 2 aromatic heterocycles. The lowest BCUT2D eigenvalue weighted by Gasteiger charge is -2.19. The number of ether oxygens (including phenoxy) is 3. The maximum atomic E-state index is 12.3. The molecule has 4 aromatic rings. The molecule has 0 radical (unpaired) electrons. The van der Waals surface area contributed by atoms with Crippen LogP contribution in [0, 0.1) is 0 Å². The fourth-order valence-electron chi connectivity index (χ4n) is 2.92. The molecule has 0 aliphatic carbocycles. The SMILES string of the molecule is COC(=O)c1cc2ccc(Oc3ccc4c(c3)ncn4C(=O)OC(C)(C)C)cc2o1. The third-order valence-corrected chi connectivity index (χ3v) is 4.22. The monoisotopic (exact) mass is 408 g/mol. The fraction of sp³-hybridized carbons (Fsp3) is 0.227. The van der Waals surface area contributed by atoms with Crippen LogP contribution in [0.4, 0.5) is 4.79 Å². The lowest BCUT2D eigenvalue weighted by atomic mass is 10.2. The first kappa shape index (κ1) is 19.5. The second-order valence-corrected chi connectivity index (χ2v) is 7.65. The minimum Gasteiger partial charge on any atom is -0.463 e. The number of hydrogen-bond acceptors (Lipinski definition) is 7. The quantitative estimate of drug-likeness (QED) is 0.433. The van der Waals surface area contributed by atoms with E-state index in [2.05, 4.69) is 9.72 Å². The maximum Gasteiger partial charge on any atom is 0.420 e. The molecule has 2 heterocycles.